The van der Waals surface area contributed by atoms with E-state index in [1.54, 1.807) is 0 Å². The van der Waals surface area contributed by atoms with Crippen LogP contribution in [0.15, 0.2) is 60.7 Å². The summed E-state index contributed by atoms with van der Waals surface area (Å²) in [7, 11) is 0. The van der Waals surface area contributed by atoms with Crippen LogP contribution in [-0.2, 0) is 6.61 Å². The van der Waals surface area contributed by atoms with Crippen LogP contribution in [0.2, 0.25) is 0 Å². The molecule has 3 nitrogen and oxygen atoms in total. The van der Waals surface area contributed by atoms with Crippen molar-refractivity contribution in [2.24, 2.45) is 0 Å². The maximum atomic E-state index is 9.84. The molecular weight excluding hydrogens is 272 g/mol. The highest BCUT2D eigenvalue weighted by molar-refractivity contribution is 5.87. The van der Waals surface area contributed by atoms with E-state index in [1.807, 2.05) is 41.7 Å². The Morgan fingerprint density at radius 1 is 0.955 bits per heavy atom. The average molecular weight is 288 g/mol. The van der Waals surface area contributed by atoms with Crippen LogP contribution >= 0.6 is 0 Å². The fraction of sp³-hybridized carbons (Fsp3) is 0.105. The first-order valence-corrected chi connectivity index (χ1v) is 7.35. The molecule has 22 heavy (non-hydrogen) atoms. The van der Waals surface area contributed by atoms with Crippen LogP contribution in [0.5, 0.6) is 0 Å². The van der Waals surface area contributed by atoms with Gasteiger partial charge in [-0.2, -0.15) is 0 Å². The van der Waals surface area contributed by atoms with Crippen LogP contribution in [0, 0.1) is 6.92 Å². The number of benzene rings is 2. The third-order valence-electron chi connectivity index (χ3n) is 4.11. The van der Waals surface area contributed by atoms with E-state index in [4.69, 9.17) is 4.98 Å². The van der Waals surface area contributed by atoms with Gasteiger partial charge in [-0.3, -0.25) is 4.40 Å². The summed E-state index contributed by atoms with van der Waals surface area (Å²) >= 11 is 0. The lowest BCUT2D eigenvalue weighted by Crippen LogP contribution is -1.97. The van der Waals surface area contributed by atoms with Crippen molar-refractivity contribution in [1.29, 1.82) is 0 Å². The SMILES string of the molecule is Cc1cccc2nc(-c3ccc4ccccc4c3)c(CO)n12. The molecule has 2 heterocycles. The molecule has 0 bridgehead atoms. The number of aromatic nitrogens is 2. The standard InChI is InChI=1S/C19H16N2O/c1-13-5-4-8-18-20-19(17(12-22)21(13)18)16-10-9-14-6-2-3-7-15(14)11-16/h2-11,22H,12H2,1H3. The largest absolute Gasteiger partial charge is 0.390 e. The fourth-order valence-electron chi connectivity index (χ4n) is 3.04. The third kappa shape index (κ3) is 1.90. The zero-order valence-corrected chi connectivity index (χ0v) is 12.3. The Bertz CT molecular complexity index is 985. The van der Waals surface area contributed by atoms with Gasteiger partial charge in [0.2, 0.25) is 0 Å². The first-order valence-electron chi connectivity index (χ1n) is 7.35. The summed E-state index contributed by atoms with van der Waals surface area (Å²) < 4.78 is 2.02. The maximum absolute atomic E-state index is 9.84. The number of fused-ring (bicyclic) bond motifs is 2. The molecule has 0 unspecified atom stereocenters. The summed E-state index contributed by atoms with van der Waals surface area (Å²) in [6.45, 7) is 1.99. The zero-order valence-electron chi connectivity index (χ0n) is 12.3. The molecule has 0 fully saturated rings. The van der Waals surface area contributed by atoms with Crippen LogP contribution in [0.4, 0.5) is 0 Å². The van der Waals surface area contributed by atoms with Gasteiger partial charge < -0.3 is 5.11 Å². The summed E-state index contributed by atoms with van der Waals surface area (Å²) in [5, 5.41) is 12.2. The Kier molecular flexibility index (Phi) is 2.94. The van der Waals surface area contributed by atoms with Crippen molar-refractivity contribution in [3.8, 4) is 11.3 Å². The zero-order chi connectivity index (χ0) is 15.1. The second kappa shape index (κ2) is 4.97. The molecule has 0 amide bonds. The van der Waals surface area contributed by atoms with Gasteiger partial charge in [-0.1, -0.05) is 42.5 Å². The highest BCUT2D eigenvalue weighted by Gasteiger charge is 2.14. The van der Waals surface area contributed by atoms with E-state index < -0.39 is 0 Å². The third-order valence-corrected chi connectivity index (χ3v) is 4.11. The van der Waals surface area contributed by atoms with Gasteiger partial charge >= 0.3 is 0 Å². The molecule has 2 aromatic carbocycles. The number of pyridine rings is 1. The van der Waals surface area contributed by atoms with Crippen molar-refractivity contribution in [2.75, 3.05) is 0 Å². The van der Waals surface area contributed by atoms with Crippen molar-refractivity contribution in [1.82, 2.24) is 9.38 Å². The highest BCUT2D eigenvalue weighted by atomic mass is 16.3. The molecule has 0 saturated heterocycles. The Morgan fingerprint density at radius 3 is 2.59 bits per heavy atom. The lowest BCUT2D eigenvalue weighted by atomic mass is 10.0. The molecule has 0 spiro atoms. The molecule has 0 atom stereocenters. The van der Waals surface area contributed by atoms with Gasteiger partial charge in [0, 0.05) is 11.3 Å². The van der Waals surface area contributed by atoms with E-state index in [1.165, 1.54) is 10.8 Å². The summed E-state index contributed by atoms with van der Waals surface area (Å²) in [6, 6.07) is 20.5. The minimum absolute atomic E-state index is 0.0336. The second-order valence-electron chi connectivity index (χ2n) is 5.49. The van der Waals surface area contributed by atoms with Gasteiger partial charge in [0.25, 0.3) is 0 Å². The first-order chi connectivity index (χ1) is 10.8. The molecule has 4 aromatic rings. The first kappa shape index (κ1) is 13.0. The van der Waals surface area contributed by atoms with E-state index in [0.717, 1.165) is 28.3 Å². The van der Waals surface area contributed by atoms with Gasteiger partial charge in [-0.15, -0.1) is 0 Å². The van der Waals surface area contributed by atoms with Gasteiger partial charge in [-0.05, 0) is 35.9 Å². The molecule has 0 saturated carbocycles. The predicted molar refractivity (Wildman–Crippen MR) is 88.8 cm³/mol. The van der Waals surface area contributed by atoms with Gasteiger partial charge in [0.1, 0.15) is 5.65 Å². The molecule has 4 rings (SSSR count). The number of aliphatic hydroxyl groups is 1. The second-order valence-corrected chi connectivity index (χ2v) is 5.49. The number of rotatable bonds is 2. The number of imidazole rings is 1. The summed E-state index contributed by atoms with van der Waals surface area (Å²) in [5.74, 6) is 0. The van der Waals surface area contributed by atoms with E-state index >= 15 is 0 Å². The topological polar surface area (TPSA) is 37.5 Å². The van der Waals surface area contributed by atoms with Crippen molar-refractivity contribution < 1.29 is 5.11 Å². The smallest absolute Gasteiger partial charge is 0.137 e. The fourth-order valence-corrected chi connectivity index (χ4v) is 3.04. The van der Waals surface area contributed by atoms with Crippen molar-refractivity contribution in [2.45, 2.75) is 13.5 Å². The van der Waals surface area contributed by atoms with Gasteiger partial charge in [0.05, 0.1) is 18.0 Å². The average Bonchev–Trinajstić information content (AvgIpc) is 2.94. The number of aliphatic hydroxyl groups excluding tert-OH is 1. The minimum atomic E-state index is -0.0336. The Morgan fingerprint density at radius 2 is 1.77 bits per heavy atom. The molecule has 108 valence electrons. The van der Waals surface area contributed by atoms with Crippen molar-refractivity contribution in [3.05, 3.63) is 72.1 Å². The summed E-state index contributed by atoms with van der Waals surface area (Å²) in [4.78, 5) is 4.72. The molecular formula is C19H16N2O. The van der Waals surface area contributed by atoms with Crippen LogP contribution in [0.3, 0.4) is 0 Å². The van der Waals surface area contributed by atoms with E-state index in [0.29, 0.717) is 0 Å². The number of nitrogens with zero attached hydrogens (tertiary/aromatic N) is 2. The van der Waals surface area contributed by atoms with Crippen molar-refractivity contribution in [3.63, 3.8) is 0 Å². The Balaban J connectivity index is 2.01. The molecule has 0 radical (unpaired) electrons. The maximum Gasteiger partial charge on any atom is 0.137 e. The molecule has 3 heteroatoms. The minimum Gasteiger partial charge on any atom is -0.390 e. The van der Waals surface area contributed by atoms with Crippen LogP contribution in [0.1, 0.15) is 11.4 Å². The van der Waals surface area contributed by atoms with Crippen molar-refractivity contribution >= 4 is 16.4 Å². The Hall–Kier alpha value is -2.65. The van der Waals surface area contributed by atoms with Gasteiger partial charge in [0.15, 0.2) is 0 Å². The predicted octanol–water partition coefficient (Wildman–Crippen LogP) is 3.96. The number of hydrogen-bond acceptors (Lipinski definition) is 2. The van der Waals surface area contributed by atoms with E-state index in [9.17, 15) is 5.11 Å². The summed E-state index contributed by atoms with van der Waals surface area (Å²) in [5.41, 5.74) is 4.66. The highest BCUT2D eigenvalue weighted by Crippen LogP contribution is 2.28. The van der Waals surface area contributed by atoms with Gasteiger partial charge in [-0.25, -0.2) is 4.98 Å². The monoisotopic (exact) mass is 288 g/mol. The number of hydrogen-bond donors (Lipinski definition) is 1. The number of aryl methyl sites for hydroxylation is 1. The molecule has 0 aliphatic carbocycles. The summed E-state index contributed by atoms with van der Waals surface area (Å²) in [6.07, 6.45) is 0. The normalized spacial score (nSPS) is 11.4. The molecule has 0 aliphatic rings. The molecule has 2 aromatic heterocycles. The molecule has 0 aliphatic heterocycles. The van der Waals surface area contributed by atoms with E-state index in [2.05, 4.69) is 30.3 Å². The van der Waals surface area contributed by atoms with Crippen LogP contribution in [-0.4, -0.2) is 14.5 Å². The quantitative estimate of drug-likeness (QED) is 0.606. The Labute approximate surface area is 128 Å². The van der Waals surface area contributed by atoms with Crippen LogP contribution < -0.4 is 0 Å². The van der Waals surface area contributed by atoms with E-state index in [-0.39, 0.29) is 6.61 Å². The van der Waals surface area contributed by atoms with Crippen LogP contribution in [0.25, 0.3) is 27.7 Å². The molecule has 1 N–H and O–H groups in total. The lowest BCUT2D eigenvalue weighted by molar-refractivity contribution is 0.276. The lowest BCUT2D eigenvalue weighted by Gasteiger charge is -2.05.